The van der Waals surface area contributed by atoms with Crippen molar-refractivity contribution in [2.75, 3.05) is 11.4 Å². The Kier molecular flexibility index (Phi) is 2.91. The second kappa shape index (κ2) is 3.96. The summed E-state index contributed by atoms with van der Waals surface area (Å²) in [7, 11) is 0. The number of benzene rings is 1. The molecule has 2 heteroatoms. The highest BCUT2D eigenvalue weighted by Gasteiger charge is 2.37. The van der Waals surface area contributed by atoms with E-state index in [0.29, 0.717) is 11.5 Å². The van der Waals surface area contributed by atoms with Crippen molar-refractivity contribution in [3.05, 3.63) is 28.8 Å². The first kappa shape index (κ1) is 11.8. The molecule has 1 heterocycles. The Bertz CT molecular complexity index is 398. The van der Waals surface area contributed by atoms with E-state index in [4.69, 9.17) is 11.6 Å². The largest absolute Gasteiger partial charge is 0.368 e. The van der Waals surface area contributed by atoms with Gasteiger partial charge in [-0.15, -0.1) is 0 Å². The number of hydrogen-bond donors (Lipinski definition) is 0. The van der Waals surface area contributed by atoms with Crippen molar-refractivity contribution >= 4 is 17.3 Å². The Morgan fingerprint density at radius 3 is 2.56 bits per heavy atom. The number of hydrogen-bond acceptors (Lipinski definition) is 1. The van der Waals surface area contributed by atoms with Crippen molar-refractivity contribution in [3.8, 4) is 0 Å². The number of rotatable bonds is 1. The first-order valence-electron chi connectivity index (χ1n) is 5.94. The van der Waals surface area contributed by atoms with Gasteiger partial charge in [-0.05, 0) is 43.4 Å². The molecule has 0 unspecified atom stereocenters. The maximum Gasteiger partial charge on any atom is 0.0455 e. The summed E-state index contributed by atoms with van der Waals surface area (Å²) in [6.45, 7) is 10.2. The van der Waals surface area contributed by atoms with Crippen LogP contribution in [0, 0.1) is 12.3 Å². The second-order valence-electron chi connectivity index (χ2n) is 5.54. The van der Waals surface area contributed by atoms with Crippen molar-refractivity contribution in [1.29, 1.82) is 0 Å². The quantitative estimate of drug-likeness (QED) is 0.705. The molecule has 1 aromatic carbocycles. The first-order chi connectivity index (χ1) is 7.42. The molecule has 16 heavy (non-hydrogen) atoms. The summed E-state index contributed by atoms with van der Waals surface area (Å²) in [5.74, 6) is 0. The molecule has 0 saturated carbocycles. The molecule has 1 aromatic rings. The second-order valence-corrected chi connectivity index (χ2v) is 5.95. The maximum atomic E-state index is 6.18. The Labute approximate surface area is 103 Å². The van der Waals surface area contributed by atoms with Crippen LogP contribution in [0.2, 0.25) is 5.02 Å². The topological polar surface area (TPSA) is 3.24 Å². The van der Waals surface area contributed by atoms with Crippen molar-refractivity contribution in [2.45, 2.75) is 40.2 Å². The van der Waals surface area contributed by atoms with Crippen LogP contribution < -0.4 is 4.90 Å². The van der Waals surface area contributed by atoms with Crippen LogP contribution in [-0.4, -0.2) is 12.6 Å². The van der Waals surface area contributed by atoms with E-state index in [-0.39, 0.29) is 0 Å². The van der Waals surface area contributed by atoms with Gasteiger partial charge in [-0.3, -0.25) is 0 Å². The summed E-state index contributed by atoms with van der Waals surface area (Å²) in [5, 5.41) is 0.870. The van der Waals surface area contributed by atoms with Crippen molar-refractivity contribution < 1.29 is 0 Å². The molecule has 1 aliphatic rings. The number of nitrogens with zero attached hydrogens (tertiary/aromatic N) is 1. The highest BCUT2D eigenvalue weighted by atomic mass is 35.5. The minimum Gasteiger partial charge on any atom is -0.368 e. The van der Waals surface area contributed by atoms with Gasteiger partial charge in [-0.2, -0.15) is 0 Å². The number of anilines is 1. The smallest absolute Gasteiger partial charge is 0.0455 e. The minimum absolute atomic E-state index is 0.400. The average molecular weight is 238 g/mol. The van der Waals surface area contributed by atoms with Crippen LogP contribution in [0.1, 0.15) is 32.8 Å². The zero-order chi connectivity index (χ0) is 11.9. The monoisotopic (exact) mass is 237 g/mol. The lowest BCUT2D eigenvalue weighted by Crippen LogP contribution is -2.33. The van der Waals surface area contributed by atoms with E-state index in [1.807, 2.05) is 6.92 Å². The van der Waals surface area contributed by atoms with E-state index in [0.717, 1.165) is 17.1 Å². The molecule has 0 amide bonds. The molecule has 1 aliphatic heterocycles. The molecule has 2 rings (SSSR count). The highest BCUT2D eigenvalue weighted by Crippen LogP contribution is 2.39. The van der Waals surface area contributed by atoms with Crippen LogP contribution in [0.3, 0.4) is 0 Å². The Hall–Kier alpha value is -0.690. The fourth-order valence-electron chi connectivity index (χ4n) is 2.35. The standard InChI is InChI=1S/C14H20ClN/c1-10-5-6-12(9-13(10)15)16-8-7-14(3,4)11(16)2/h5-6,9,11H,7-8H2,1-4H3/t11-/m0/s1. The van der Waals surface area contributed by atoms with E-state index in [1.54, 1.807) is 0 Å². The lowest BCUT2D eigenvalue weighted by Gasteiger charge is -2.31. The third kappa shape index (κ3) is 1.93. The van der Waals surface area contributed by atoms with E-state index in [1.165, 1.54) is 12.1 Å². The van der Waals surface area contributed by atoms with Crippen molar-refractivity contribution in [2.24, 2.45) is 5.41 Å². The summed E-state index contributed by atoms with van der Waals surface area (Å²) < 4.78 is 0. The van der Waals surface area contributed by atoms with E-state index in [2.05, 4.69) is 43.9 Å². The predicted octanol–water partition coefficient (Wildman–Crippen LogP) is 4.27. The molecule has 0 spiro atoms. The first-order valence-corrected chi connectivity index (χ1v) is 6.32. The van der Waals surface area contributed by atoms with Gasteiger partial charge in [0.1, 0.15) is 0 Å². The summed E-state index contributed by atoms with van der Waals surface area (Å²) in [6.07, 6.45) is 1.25. The number of aryl methyl sites for hydroxylation is 1. The predicted molar refractivity (Wildman–Crippen MR) is 71.4 cm³/mol. The fraction of sp³-hybridized carbons (Fsp3) is 0.571. The van der Waals surface area contributed by atoms with Gasteiger partial charge in [0.05, 0.1) is 0 Å². The maximum absolute atomic E-state index is 6.18. The SMILES string of the molecule is Cc1ccc(N2CCC(C)(C)[C@@H]2C)cc1Cl. The average Bonchev–Trinajstić information content (AvgIpc) is 2.48. The lowest BCUT2D eigenvalue weighted by molar-refractivity contribution is 0.345. The molecule has 1 fully saturated rings. The molecule has 1 nitrogen and oxygen atoms in total. The zero-order valence-corrected chi connectivity index (χ0v) is 11.3. The summed E-state index contributed by atoms with van der Waals surface area (Å²) >= 11 is 6.18. The zero-order valence-electron chi connectivity index (χ0n) is 10.5. The molecule has 1 saturated heterocycles. The molecular weight excluding hydrogens is 218 g/mol. The van der Waals surface area contributed by atoms with Gasteiger partial charge in [0, 0.05) is 23.3 Å². The molecule has 0 bridgehead atoms. The van der Waals surface area contributed by atoms with E-state index < -0.39 is 0 Å². The Morgan fingerprint density at radius 2 is 2.06 bits per heavy atom. The van der Waals surface area contributed by atoms with Crippen molar-refractivity contribution in [1.82, 2.24) is 0 Å². The lowest BCUT2D eigenvalue weighted by atomic mass is 9.86. The van der Waals surface area contributed by atoms with Gasteiger partial charge < -0.3 is 4.90 Å². The molecule has 1 atom stereocenters. The molecule has 0 aromatic heterocycles. The van der Waals surface area contributed by atoms with E-state index in [9.17, 15) is 0 Å². The molecule has 0 aliphatic carbocycles. The van der Waals surface area contributed by atoms with Crippen molar-refractivity contribution in [3.63, 3.8) is 0 Å². The van der Waals surface area contributed by atoms with E-state index >= 15 is 0 Å². The van der Waals surface area contributed by atoms with Gasteiger partial charge in [0.2, 0.25) is 0 Å². The minimum atomic E-state index is 0.400. The summed E-state index contributed by atoms with van der Waals surface area (Å²) in [4.78, 5) is 2.46. The molecular formula is C14H20ClN. The fourth-order valence-corrected chi connectivity index (χ4v) is 2.52. The van der Waals surface area contributed by atoms with Crippen LogP contribution in [-0.2, 0) is 0 Å². The summed E-state index contributed by atoms with van der Waals surface area (Å²) in [6, 6.07) is 6.95. The highest BCUT2D eigenvalue weighted by molar-refractivity contribution is 6.31. The van der Waals surface area contributed by atoms with Gasteiger partial charge >= 0.3 is 0 Å². The summed E-state index contributed by atoms with van der Waals surface area (Å²) in [5.41, 5.74) is 2.81. The van der Waals surface area contributed by atoms with Gasteiger partial charge in [-0.1, -0.05) is 31.5 Å². The molecule has 88 valence electrons. The third-order valence-corrected chi connectivity index (χ3v) is 4.49. The van der Waals surface area contributed by atoms with Crippen LogP contribution in [0.25, 0.3) is 0 Å². The number of halogens is 1. The van der Waals surface area contributed by atoms with Gasteiger partial charge in [0.15, 0.2) is 0 Å². The normalized spacial score (nSPS) is 23.8. The molecule has 0 N–H and O–H groups in total. The van der Waals surface area contributed by atoms with Crippen LogP contribution in [0.4, 0.5) is 5.69 Å². The Morgan fingerprint density at radius 1 is 1.38 bits per heavy atom. The van der Waals surface area contributed by atoms with Gasteiger partial charge in [-0.25, -0.2) is 0 Å². The van der Waals surface area contributed by atoms with Gasteiger partial charge in [0.25, 0.3) is 0 Å². The van der Waals surface area contributed by atoms with Crippen LogP contribution in [0.15, 0.2) is 18.2 Å². The molecule has 0 radical (unpaired) electrons. The van der Waals surface area contributed by atoms with Crippen LogP contribution >= 0.6 is 11.6 Å². The Balaban J connectivity index is 2.29. The third-order valence-electron chi connectivity index (χ3n) is 4.08. The van der Waals surface area contributed by atoms with Crippen LogP contribution in [0.5, 0.6) is 0 Å².